The number of nitrogens with one attached hydrogen (secondary N) is 3. The number of methoxy groups -OCH3 is 1. The number of hydrogen-bond acceptors (Lipinski definition) is 6. The minimum Gasteiger partial charge on any atom is -0.508 e. The first-order chi connectivity index (χ1) is 17.0. The van der Waals surface area contributed by atoms with Crippen molar-refractivity contribution in [1.29, 1.82) is 0 Å². The Balaban J connectivity index is 1.34. The normalized spacial score (nSPS) is 18.9. The number of para-hydroxylation sites is 2. The molecule has 2 heterocycles. The van der Waals surface area contributed by atoms with E-state index < -0.39 is 0 Å². The molecule has 0 unspecified atom stereocenters. The van der Waals surface area contributed by atoms with Gasteiger partial charge < -0.3 is 30.5 Å². The standard InChI is InChI=1S/C28H31N3O4/c1-17-13-19(32)14-18-9-11-30-25(16-21(17)18)28(33)31-24-10-12-29-23-8-7-20(15-22(23)24)35-27-6-4-3-5-26(27)34-2/h3-8,13-15,24-25,29-30,32H,9-12,16H2,1-2H3,(H,31,33)/t24-,25+/m1/s1. The zero-order valence-corrected chi connectivity index (χ0v) is 20.1. The molecule has 2 aliphatic heterocycles. The third-order valence-electron chi connectivity index (χ3n) is 6.82. The largest absolute Gasteiger partial charge is 0.508 e. The van der Waals surface area contributed by atoms with Crippen LogP contribution in [0.2, 0.25) is 0 Å². The molecular formula is C28H31N3O4. The van der Waals surface area contributed by atoms with Crippen molar-refractivity contribution in [3.05, 3.63) is 76.9 Å². The number of rotatable bonds is 5. The first-order valence-electron chi connectivity index (χ1n) is 12.1. The van der Waals surface area contributed by atoms with Gasteiger partial charge in [0.25, 0.3) is 0 Å². The molecule has 35 heavy (non-hydrogen) atoms. The fourth-order valence-electron chi connectivity index (χ4n) is 5.04. The second-order valence-electron chi connectivity index (χ2n) is 9.14. The highest BCUT2D eigenvalue weighted by Crippen LogP contribution is 2.37. The summed E-state index contributed by atoms with van der Waals surface area (Å²) in [5.74, 6) is 2.26. The van der Waals surface area contributed by atoms with Gasteiger partial charge in [0.05, 0.1) is 19.2 Å². The summed E-state index contributed by atoms with van der Waals surface area (Å²) in [4.78, 5) is 13.4. The van der Waals surface area contributed by atoms with E-state index in [1.165, 1.54) is 0 Å². The van der Waals surface area contributed by atoms with E-state index >= 15 is 0 Å². The van der Waals surface area contributed by atoms with E-state index in [0.717, 1.165) is 47.3 Å². The number of fused-ring (bicyclic) bond motifs is 2. The van der Waals surface area contributed by atoms with E-state index in [2.05, 4.69) is 16.0 Å². The maximum atomic E-state index is 13.4. The van der Waals surface area contributed by atoms with Crippen molar-refractivity contribution in [3.63, 3.8) is 0 Å². The lowest BCUT2D eigenvalue weighted by atomic mass is 9.94. The fourth-order valence-corrected chi connectivity index (χ4v) is 5.04. The van der Waals surface area contributed by atoms with E-state index in [-0.39, 0.29) is 23.7 Å². The highest BCUT2D eigenvalue weighted by molar-refractivity contribution is 5.83. The quantitative estimate of drug-likeness (QED) is 0.443. The van der Waals surface area contributed by atoms with Gasteiger partial charge in [0, 0.05) is 17.8 Å². The SMILES string of the molecule is COc1ccccc1Oc1ccc2c(c1)[C@H](NC(=O)[C@@H]1Cc3c(C)cc(O)cc3CCN1)CCN2. The lowest BCUT2D eigenvalue weighted by Gasteiger charge is -2.29. The third-order valence-corrected chi connectivity index (χ3v) is 6.82. The molecule has 0 saturated carbocycles. The van der Waals surface area contributed by atoms with Crippen molar-refractivity contribution in [2.45, 2.75) is 38.3 Å². The van der Waals surface area contributed by atoms with Crippen LogP contribution in [0.25, 0.3) is 0 Å². The van der Waals surface area contributed by atoms with Gasteiger partial charge in [-0.3, -0.25) is 4.79 Å². The van der Waals surface area contributed by atoms with Gasteiger partial charge >= 0.3 is 0 Å². The van der Waals surface area contributed by atoms with Gasteiger partial charge in [-0.05, 0) is 91.9 Å². The number of aryl methyl sites for hydroxylation is 1. The van der Waals surface area contributed by atoms with Gasteiger partial charge in [-0.25, -0.2) is 0 Å². The van der Waals surface area contributed by atoms with Crippen LogP contribution in [-0.2, 0) is 17.6 Å². The van der Waals surface area contributed by atoms with Crippen LogP contribution in [0.4, 0.5) is 5.69 Å². The van der Waals surface area contributed by atoms with Crippen LogP contribution in [0.3, 0.4) is 0 Å². The summed E-state index contributed by atoms with van der Waals surface area (Å²) in [5, 5.41) is 20.1. The number of phenols is 1. The number of ether oxygens (including phenoxy) is 2. The second kappa shape index (κ2) is 9.88. The summed E-state index contributed by atoms with van der Waals surface area (Å²) >= 11 is 0. The highest BCUT2D eigenvalue weighted by atomic mass is 16.5. The molecule has 0 fully saturated rings. The number of amides is 1. The van der Waals surface area contributed by atoms with Crippen LogP contribution in [0, 0.1) is 6.92 Å². The minimum absolute atomic E-state index is 0.0146. The molecule has 0 bridgehead atoms. The predicted molar refractivity (Wildman–Crippen MR) is 136 cm³/mol. The first kappa shape index (κ1) is 23.1. The van der Waals surface area contributed by atoms with E-state index in [1.807, 2.05) is 55.5 Å². The minimum atomic E-state index is -0.328. The summed E-state index contributed by atoms with van der Waals surface area (Å²) in [6.45, 7) is 3.46. The topological polar surface area (TPSA) is 91.9 Å². The second-order valence-corrected chi connectivity index (χ2v) is 9.14. The van der Waals surface area contributed by atoms with Gasteiger partial charge in [-0.1, -0.05) is 12.1 Å². The molecule has 2 aliphatic rings. The molecule has 0 aromatic heterocycles. The molecule has 2 atom stereocenters. The Kier molecular flexibility index (Phi) is 6.51. The molecule has 4 N–H and O–H groups in total. The molecule has 5 rings (SSSR count). The zero-order chi connectivity index (χ0) is 24.4. The van der Waals surface area contributed by atoms with Gasteiger partial charge in [-0.15, -0.1) is 0 Å². The Labute approximate surface area is 205 Å². The molecule has 7 heteroatoms. The summed E-state index contributed by atoms with van der Waals surface area (Å²) in [6, 6.07) is 16.6. The van der Waals surface area contributed by atoms with Crippen molar-refractivity contribution in [2.75, 3.05) is 25.5 Å². The van der Waals surface area contributed by atoms with E-state index in [4.69, 9.17) is 9.47 Å². The Bertz CT molecular complexity index is 1240. The van der Waals surface area contributed by atoms with Crippen molar-refractivity contribution >= 4 is 11.6 Å². The highest BCUT2D eigenvalue weighted by Gasteiger charge is 2.28. The van der Waals surface area contributed by atoms with Crippen LogP contribution >= 0.6 is 0 Å². The van der Waals surface area contributed by atoms with E-state index in [1.54, 1.807) is 13.2 Å². The summed E-state index contributed by atoms with van der Waals surface area (Å²) in [7, 11) is 1.62. The number of anilines is 1. The molecule has 1 amide bonds. The number of benzene rings is 3. The average Bonchev–Trinajstić information content (AvgIpc) is 3.08. The zero-order valence-electron chi connectivity index (χ0n) is 20.1. The third kappa shape index (κ3) is 4.91. The van der Waals surface area contributed by atoms with Crippen molar-refractivity contribution in [1.82, 2.24) is 10.6 Å². The number of aromatic hydroxyl groups is 1. The molecule has 182 valence electrons. The summed E-state index contributed by atoms with van der Waals surface area (Å²) in [6.07, 6.45) is 2.17. The molecule has 3 aromatic rings. The number of carbonyl (C=O) groups is 1. The lowest BCUT2D eigenvalue weighted by molar-refractivity contribution is -0.123. The molecule has 7 nitrogen and oxygen atoms in total. The lowest BCUT2D eigenvalue weighted by Crippen LogP contribution is -2.47. The monoisotopic (exact) mass is 473 g/mol. The van der Waals surface area contributed by atoms with Gasteiger partial charge in [0.1, 0.15) is 11.5 Å². The van der Waals surface area contributed by atoms with Crippen LogP contribution in [0.5, 0.6) is 23.0 Å². The fraction of sp³-hybridized carbons (Fsp3) is 0.321. The van der Waals surface area contributed by atoms with Crippen LogP contribution < -0.4 is 25.4 Å². The number of phenolic OH excluding ortho intramolecular Hbond substituents is 1. The summed E-state index contributed by atoms with van der Waals surface area (Å²) in [5.41, 5.74) is 5.28. The maximum absolute atomic E-state index is 13.4. The predicted octanol–water partition coefficient (Wildman–Crippen LogP) is 4.23. The van der Waals surface area contributed by atoms with Gasteiger partial charge in [0.15, 0.2) is 11.5 Å². The molecule has 0 radical (unpaired) electrons. The summed E-state index contributed by atoms with van der Waals surface area (Å²) < 4.78 is 11.5. The Hall–Kier alpha value is -3.71. The van der Waals surface area contributed by atoms with Crippen molar-refractivity contribution in [2.24, 2.45) is 0 Å². The Morgan fingerprint density at radius 2 is 1.91 bits per heavy atom. The first-order valence-corrected chi connectivity index (χ1v) is 12.1. The smallest absolute Gasteiger partial charge is 0.237 e. The van der Waals surface area contributed by atoms with E-state index in [9.17, 15) is 9.90 Å². The molecule has 3 aromatic carbocycles. The Morgan fingerprint density at radius 1 is 1.09 bits per heavy atom. The number of hydrogen-bond donors (Lipinski definition) is 4. The van der Waals surface area contributed by atoms with Crippen LogP contribution in [0.1, 0.15) is 34.7 Å². The van der Waals surface area contributed by atoms with Gasteiger partial charge in [0.2, 0.25) is 5.91 Å². The van der Waals surface area contributed by atoms with Crippen LogP contribution in [-0.4, -0.2) is 37.3 Å². The molecule has 0 saturated heterocycles. The van der Waals surface area contributed by atoms with Crippen molar-refractivity contribution in [3.8, 4) is 23.0 Å². The van der Waals surface area contributed by atoms with Crippen LogP contribution in [0.15, 0.2) is 54.6 Å². The average molecular weight is 474 g/mol. The van der Waals surface area contributed by atoms with Crippen molar-refractivity contribution < 1.29 is 19.4 Å². The van der Waals surface area contributed by atoms with E-state index in [0.29, 0.717) is 30.2 Å². The maximum Gasteiger partial charge on any atom is 0.237 e. The Morgan fingerprint density at radius 3 is 2.74 bits per heavy atom. The molecule has 0 spiro atoms. The number of carbonyl (C=O) groups excluding carboxylic acids is 1. The molecular weight excluding hydrogens is 442 g/mol. The van der Waals surface area contributed by atoms with Gasteiger partial charge in [-0.2, -0.15) is 0 Å². The molecule has 0 aliphatic carbocycles.